The molecule has 2 amide bonds. The molecule has 0 radical (unpaired) electrons. The first kappa shape index (κ1) is 16.3. The van der Waals surface area contributed by atoms with Crippen LogP contribution in [0.2, 0.25) is 5.02 Å². The van der Waals surface area contributed by atoms with Crippen molar-refractivity contribution < 1.29 is 18.9 Å². The zero-order valence-electron chi connectivity index (χ0n) is 12.0. The lowest BCUT2D eigenvalue weighted by atomic mass is 10.2. The SMILES string of the molecule is O=C1S/C(=C\c2ccc([N+](=O)[O-])o2)C(=O)N1Cc1cccc(Cl)c1. The molecular formula is C15H9ClN2O5S. The smallest absolute Gasteiger partial charge is 0.401 e. The molecule has 9 heteroatoms. The Kier molecular flexibility index (Phi) is 4.41. The van der Waals surface area contributed by atoms with Gasteiger partial charge in [0.05, 0.1) is 17.5 Å². The number of amides is 2. The summed E-state index contributed by atoms with van der Waals surface area (Å²) in [6, 6.07) is 9.40. The number of hydrogen-bond acceptors (Lipinski definition) is 6. The number of halogens is 1. The number of benzene rings is 1. The molecule has 7 nitrogen and oxygen atoms in total. The largest absolute Gasteiger partial charge is 0.433 e. The highest BCUT2D eigenvalue weighted by atomic mass is 35.5. The number of carbonyl (C=O) groups excluding carboxylic acids is 2. The van der Waals surface area contributed by atoms with Gasteiger partial charge in [-0.2, -0.15) is 0 Å². The van der Waals surface area contributed by atoms with Crippen molar-refractivity contribution >= 4 is 46.5 Å². The van der Waals surface area contributed by atoms with Crippen LogP contribution < -0.4 is 0 Å². The number of rotatable bonds is 4. The molecule has 2 heterocycles. The summed E-state index contributed by atoms with van der Waals surface area (Å²) in [6.45, 7) is 0.0981. The highest BCUT2D eigenvalue weighted by Crippen LogP contribution is 2.34. The second-order valence-corrected chi connectivity index (χ2v) is 6.26. The monoisotopic (exact) mass is 364 g/mol. The van der Waals surface area contributed by atoms with Crippen molar-refractivity contribution in [3.8, 4) is 0 Å². The summed E-state index contributed by atoms with van der Waals surface area (Å²) < 4.78 is 4.97. The molecule has 0 aliphatic carbocycles. The molecule has 0 N–H and O–H groups in total. The normalized spacial score (nSPS) is 16.2. The highest BCUT2D eigenvalue weighted by Gasteiger charge is 2.35. The zero-order chi connectivity index (χ0) is 17.3. The molecule has 0 atom stereocenters. The van der Waals surface area contributed by atoms with Crippen LogP contribution in [0.15, 0.2) is 45.7 Å². The van der Waals surface area contributed by atoms with E-state index in [9.17, 15) is 19.7 Å². The van der Waals surface area contributed by atoms with Gasteiger partial charge >= 0.3 is 5.88 Å². The lowest BCUT2D eigenvalue weighted by Crippen LogP contribution is -2.27. The van der Waals surface area contributed by atoms with E-state index in [1.165, 1.54) is 18.2 Å². The van der Waals surface area contributed by atoms with E-state index in [0.29, 0.717) is 5.02 Å². The van der Waals surface area contributed by atoms with Crippen LogP contribution >= 0.6 is 23.4 Å². The van der Waals surface area contributed by atoms with Gasteiger partial charge in [0, 0.05) is 11.1 Å². The predicted octanol–water partition coefficient (Wildman–Crippen LogP) is 4.08. The number of carbonyl (C=O) groups is 2. The Hall–Kier alpha value is -2.58. The van der Waals surface area contributed by atoms with Crippen LogP contribution in [0.1, 0.15) is 11.3 Å². The molecule has 24 heavy (non-hydrogen) atoms. The van der Waals surface area contributed by atoms with Crippen molar-refractivity contribution in [3.63, 3.8) is 0 Å². The molecule has 0 bridgehead atoms. The number of hydrogen-bond donors (Lipinski definition) is 0. The van der Waals surface area contributed by atoms with Crippen molar-refractivity contribution in [2.45, 2.75) is 6.54 Å². The molecule has 1 saturated heterocycles. The lowest BCUT2D eigenvalue weighted by Gasteiger charge is -2.12. The number of nitro groups is 1. The van der Waals surface area contributed by atoms with Gasteiger partial charge in [-0.25, -0.2) is 0 Å². The Bertz CT molecular complexity index is 876. The van der Waals surface area contributed by atoms with E-state index in [-0.39, 0.29) is 17.2 Å². The van der Waals surface area contributed by atoms with Crippen LogP contribution in [0.25, 0.3) is 6.08 Å². The number of furan rings is 1. The van der Waals surface area contributed by atoms with Gasteiger partial charge in [-0.15, -0.1) is 0 Å². The fourth-order valence-corrected chi connectivity index (χ4v) is 3.13. The first-order chi connectivity index (χ1) is 11.4. The third-order valence-corrected chi connectivity index (χ3v) is 4.31. The Morgan fingerprint density at radius 2 is 2.08 bits per heavy atom. The molecule has 1 fully saturated rings. The number of imide groups is 1. The van der Waals surface area contributed by atoms with E-state index in [1.807, 2.05) is 0 Å². The number of nitrogens with zero attached hydrogens (tertiary/aromatic N) is 2. The van der Waals surface area contributed by atoms with E-state index in [0.717, 1.165) is 22.2 Å². The third-order valence-electron chi connectivity index (χ3n) is 3.17. The van der Waals surface area contributed by atoms with Crippen LogP contribution in [-0.4, -0.2) is 21.0 Å². The minimum Gasteiger partial charge on any atom is -0.401 e. The van der Waals surface area contributed by atoms with Crippen LogP contribution in [-0.2, 0) is 11.3 Å². The minimum absolute atomic E-state index is 0.0981. The maximum absolute atomic E-state index is 12.4. The summed E-state index contributed by atoms with van der Waals surface area (Å²) >= 11 is 6.65. The summed E-state index contributed by atoms with van der Waals surface area (Å²) in [6.07, 6.45) is 1.32. The van der Waals surface area contributed by atoms with E-state index < -0.39 is 22.0 Å². The summed E-state index contributed by atoms with van der Waals surface area (Å²) in [5, 5.41) is 10.7. The van der Waals surface area contributed by atoms with Crippen molar-refractivity contribution in [1.82, 2.24) is 4.90 Å². The average molecular weight is 365 g/mol. The van der Waals surface area contributed by atoms with Crippen LogP contribution in [0.3, 0.4) is 0 Å². The van der Waals surface area contributed by atoms with E-state index in [2.05, 4.69) is 0 Å². The maximum atomic E-state index is 12.4. The molecule has 2 aromatic rings. The predicted molar refractivity (Wildman–Crippen MR) is 88.3 cm³/mol. The van der Waals surface area contributed by atoms with Gasteiger partial charge in [0.25, 0.3) is 11.1 Å². The van der Waals surface area contributed by atoms with Gasteiger partial charge in [-0.05, 0) is 35.5 Å². The fourth-order valence-electron chi connectivity index (χ4n) is 2.10. The molecule has 1 aromatic heterocycles. The van der Waals surface area contributed by atoms with Gasteiger partial charge in [0.15, 0.2) is 0 Å². The zero-order valence-corrected chi connectivity index (χ0v) is 13.5. The van der Waals surface area contributed by atoms with Crippen LogP contribution in [0.4, 0.5) is 10.7 Å². The molecule has 1 aliphatic rings. The van der Waals surface area contributed by atoms with Crippen molar-refractivity contribution in [2.24, 2.45) is 0 Å². The second-order valence-electron chi connectivity index (χ2n) is 4.83. The quantitative estimate of drug-likeness (QED) is 0.461. The van der Waals surface area contributed by atoms with Gasteiger partial charge in [-0.1, -0.05) is 23.7 Å². The average Bonchev–Trinajstić information content (AvgIpc) is 3.09. The Morgan fingerprint density at radius 3 is 2.75 bits per heavy atom. The lowest BCUT2D eigenvalue weighted by molar-refractivity contribution is -0.402. The fraction of sp³-hybridized carbons (Fsp3) is 0.0667. The molecule has 0 unspecified atom stereocenters. The first-order valence-electron chi connectivity index (χ1n) is 6.68. The third kappa shape index (κ3) is 3.34. The van der Waals surface area contributed by atoms with Crippen molar-refractivity contribution in [1.29, 1.82) is 0 Å². The van der Waals surface area contributed by atoms with Gasteiger partial charge in [0.1, 0.15) is 10.7 Å². The molecule has 1 aromatic carbocycles. The second kappa shape index (κ2) is 6.50. The minimum atomic E-state index is -0.678. The van der Waals surface area contributed by atoms with Crippen molar-refractivity contribution in [2.75, 3.05) is 0 Å². The first-order valence-corrected chi connectivity index (χ1v) is 7.87. The van der Waals surface area contributed by atoms with Crippen LogP contribution in [0.5, 0.6) is 0 Å². The van der Waals surface area contributed by atoms with Gasteiger partial charge < -0.3 is 4.42 Å². The van der Waals surface area contributed by atoms with Gasteiger partial charge in [0.2, 0.25) is 0 Å². The van der Waals surface area contributed by atoms with E-state index in [4.69, 9.17) is 16.0 Å². The Morgan fingerprint density at radius 1 is 1.29 bits per heavy atom. The summed E-state index contributed by atoms with van der Waals surface area (Å²) in [5.41, 5.74) is 0.722. The molecule has 122 valence electrons. The standard InChI is InChI=1S/C15H9ClN2O5S/c16-10-3-1-2-9(6-10)8-17-14(19)12(24-15(17)20)7-11-4-5-13(23-11)18(21)22/h1-7H,8H2/b12-7-. The highest BCUT2D eigenvalue weighted by molar-refractivity contribution is 8.18. The Labute approximate surface area is 145 Å². The maximum Gasteiger partial charge on any atom is 0.433 e. The Balaban J connectivity index is 1.80. The molecule has 0 spiro atoms. The van der Waals surface area contributed by atoms with E-state index >= 15 is 0 Å². The summed E-state index contributed by atoms with van der Waals surface area (Å²) in [7, 11) is 0. The van der Waals surface area contributed by atoms with Crippen LogP contribution in [0, 0.1) is 10.1 Å². The van der Waals surface area contributed by atoms with Crippen molar-refractivity contribution in [3.05, 3.63) is 67.8 Å². The molecule has 0 saturated carbocycles. The molecule has 1 aliphatic heterocycles. The molecule has 3 rings (SSSR count). The van der Waals surface area contributed by atoms with Gasteiger partial charge in [-0.3, -0.25) is 24.6 Å². The number of thioether (sulfide) groups is 1. The summed E-state index contributed by atoms with van der Waals surface area (Å²) in [5.74, 6) is -0.779. The van der Waals surface area contributed by atoms with E-state index in [1.54, 1.807) is 24.3 Å². The summed E-state index contributed by atoms with van der Waals surface area (Å²) in [4.78, 5) is 35.5. The molecular weight excluding hydrogens is 356 g/mol. The topological polar surface area (TPSA) is 93.7 Å².